The molecule has 2 unspecified atom stereocenters. The number of hydrogen-bond acceptors (Lipinski definition) is 3. The largest absolute Gasteiger partial charge is 0.481 e. The number of halogens is 1. The monoisotopic (exact) mass is 312 g/mol. The summed E-state index contributed by atoms with van der Waals surface area (Å²) in [5.74, 6) is -1.28. The first-order valence-corrected chi connectivity index (χ1v) is 7.08. The SMILES string of the molecule is CC(CC(O)c1ccc(F)cc1)NC(=O)NCCCC(=O)O. The van der Waals surface area contributed by atoms with Gasteiger partial charge in [-0.15, -0.1) is 0 Å². The van der Waals surface area contributed by atoms with Crippen LogP contribution in [0.4, 0.5) is 9.18 Å². The van der Waals surface area contributed by atoms with Crippen LogP contribution in [0.5, 0.6) is 0 Å². The van der Waals surface area contributed by atoms with Crippen LogP contribution in [-0.2, 0) is 4.79 Å². The first kappa shape index (κ1) is 17.9. The second-order valence-corrected chi connectivity index (χ2v) is 5.10. The molecule has 0 bridgehead atoms. The molecule has 0 fully saturated rings. The van der Waals surface area contributed by atoms with E-state index in [0.717, 1.165) is 0 Å². The van der Waals surface area contributed by atoms with Crippen molar-refractivity contribution < 1.29 is 24.2 Å². The van der Waals surface area contributed by atoms with Gasteiger partial charge in [0.1, 0.15) is 5.82 Å². The summed E-state index contributed by atoms with van der Waals surface area (Å²) in [6.07, 6.45) is -0.161. The summed E-state index contributed by atoms with van der Waals surface area (Å²) < 4.78 is 12.8. The lowest BCUT2D eigenvalue weighted by atomic mass is 10.0. The molecule has 4 N–H and O–H groups in total. The molecule has 0 aliphatic heterocycles. The van der Waals surface area contributed by atoms with Crippen LogP contribution in [0.1, 0.15) is 37.9 Å². The molecule has 0 heterocycles. The number of carboxylic acids is 1. The number of carboxylic acid groups (broad SMARTS) is 1. The van der Waals surface area contributed by atoms with Crippen LogP contribution in [0.15, 0.2) is 24.3 Å². The standard InChI is InChI=1S/C15H21FN2O4/c1-10(18-15(22)17-8-2-3-14(20)21)9-13(19)11-4-6-12(16)7-5-11/h4-7,10,13,19H,2-3,8-9H2,1H3,(H,20,21)(H2,17,18,22). The predicted molar refractivity (Wildman–Crippen MR) is 78.8 cm³/mol. The van der Waals surface area contributed by atoms with E-state index in [1.54, 1.807) is 6.92 Å². The van der Waals surface area contributed by atoms with Crippen molar-refractivity contribution >= 4 is 12.0 Å². The van der Waals surface area contributed by atoms with Crippen molar-refractivity contribution in [3.8, 4) is 0 Å². The van der Waals surface area contributed by atoms with E-state index in [2.05, 4.69) is 10.6 Å². The van der Waals surface area contributed by atoms with Crippen LogP contribution in [0.3, 0.4) is 0 Å². The van der Waals surface area contributed by atoms with Crippen molar-refractivity contribution in [1.82, 2.24) is 10.6 Å². The second kappa shape index (κ2) is 8.99. The Bertz CT molecular complexity index is 493. The van der Waals surface area contributed by atoms with Gasteiger partial charge in [-0.25, -0.2) is 9.18 Å². The van der Waals surface area contributed by atoms with Gasteiger partial charge in [0.05, 0.1) is 6.10 Å². The average molecular weight is 312 g/mol. The number of benzene rings is 1. The second-order valence-electron chi connectivity index (χ2n) is 5.10. The zero-order valence-electron chi connectivity index (χ0n) is 12.4. The molecule has 0 aliphatic carbocycles. The molecular weight excluding hydrogens is 291 g/mol. The van der Waals surface area contributed by atoms with Gasteiger partial charge in [0.2, 0.25) is 0 Å². The molecular formula is C15H21FN2O4. The van der Waals surface area contributed by atoms with E-state index in [4.69, 9.17) is 5.11 Å². The first-order valence-electron chi connectivity index (χ1n) is 7.08. The van der Waals surface area contributed by atoms with Crippen molar-refractivity contribution in [2.75, 3.05) is 6.54 Å². The summed E-state index contributed by atoms with van der Waals surface area (Å²) in [4.78, 5) is 21.9. The highest BCUT2D eigenvalue weighted by Crippen LogP contribution is 2.18. The normalized spacial score (nSPS) is 13.2. The van der Waals surface area contributed by atoms with Gasteiger partial charge < -0.3 is 20.8 Å². The number of nitrogens with one attached hydrogen (secondary N) is 2. The number of urea groups is 1. The van der Waals surface area contributed by atoms with Crippen LogP contribution >= 0.6 is 0 Å². The molecule has 0 radical (unpaired) electrons. The summed E-state index contributed by atoms with van der Waals surface area (Å²) in [5, 5.41) is 23.7. The molecule has 7 heteroatoms. The van der Waals surface area contributed by atoms with Crippen LogP contribution < -0.4 is 10.6 Å². The smallest absolute Gasteiger partial charge is 0.314 e. The number of amides is 2. The molecule has 1 aromatic rings. The Morgan fingerprint density at radius 1 is 1.27 bits per heavy atom. The molecule has 0 spiro atoms. The molecule has 2 atom stereocenters. The predicted octanol–water partition coefficient (Wildman–Crippen LogP) is 1.80. The molecule has 1 rings (SSSR count). The number of aliphatic hydroxyl groups excluding tert-OH is 1. The molecule has 0 aromatic heterocycles. The van der Waals surface area contributed by atoms with Gasteiger partial charge in [0, 0.05) is 19.0 Å². The van der Waals surface area contributed by atoms with Crippen molar-refractivity contribution in [2.45, 2.75) is 38.3 Å². The topological polar surface area (TPSA) is 98.7 Å². The fourth-order valence-electron chi connectivity index (χ4n) is 1.93. The lowest BCUT2D eigenvalue weighted by molar-refractivity contribution is -0.137. The molecule has 0 aliphatic rings. The van der Waals surface area contributed by atoms with E-state index >= 15 is 0 Å². The average Bonchev–Trinajstić information content (AvgIpc) is 2.43. The van der Waals surface area contributed by atoms with E-state index in [1.165, 1.54) is 24.3 Å². The van der Waals surface area contributed by atoms with E-state index in [0.29, 0.717) is 12.0 Å². The van der Waals surface area contributed by atoms with Crippen LogP contribution in [0.2, 0.25) is 0 Å². The van der Waals surface area contributed by atoms with Gasteiger partial charge in [0.15, 0.2) is 0 Å². The van der Waals surface area contributed by atoms with Crippen molar-refractivity contribution in [3.05, 3.63) is 35.6 Å². The number of aliphatic hydroxyl groups is 1. The highest BCUT2D eigenvalue weighted by atomic mass is 19.1. The Morgan fingerprint density at radius 3 is 2.50 bits per heavy atom. The van der Waals surface area contributed by atoms with E-state index in [-0.39, 0.29) is 31.2 Å². The maximum atomic E-state index is 12.8. The number of aliphatic carboxylic acids is 1. The molecule has 0 saturated heterocycles. The van der Waals surface area contributed by atoms with E-state index in [1.807, 2.05) is 0 Å². The number of rotatable bonds is 8. The quantitative estimate of drug-likeness (QED) is 0.550. The molecule has 0 saturated carbocycles. The Labute approximate surface area is 128 Å². The third-order valence-corrected chi connectivity index (χ3v) is 3.06. The van der Waals surface area contributed by atoms with Crippen LogP contribution in [0, 0.1) is 5.82 Å². The Kier molecular flexibility index (Phi) is 7.31. The third-order valence-electron chi connectivity index (χ3n) is 3.06. The Morgan fingerprint density at radius 2 is 1.91 bits per heavy atom. The van der Waals surface area contributed by atoms with Gasteiger partial charge in [-0.3, -0.25) is 4.79 Å². The van der Waals surface area contributed by atoms with Gasteiger partial charge in [0.25, 0.3) is 0 Å². The highest BCUT2D eigenvalue weighted by Gasteiger charge is 2.14. The zero-order chi connectivity index (χ0) is 16.5. The van der Waals surface area contributed by atoms with Crippen molar-refractivity contribution in [2.24, 2.45) is 0 Å². The number of hydrogen-bond donors (Lipinski definition) is 4. The van der Waals surface area contributed by atoms with Crippen molar-refractivity contribution in [1.29, 1.82) is 0 Å². The van der Waals surface area contributed by atoms with Crippen LogP contribution in [0.25, 0.3) is 0 Å². The Balaban J connectivity index is 2.29. The fourth-order valence-corrected chi connectivity index (χ4v) is 1.93. The highest BCUT2D eigenvalue weighted by molar-refractivity contribution is 5.74. The van der Waals surface area contributed by atoms with Gasteiger partial charge in [-0.1, -0.05) is 12.1 Å². The number of carbonyl (C=O) groups is 2. The maximum Gasteiger partial charge on any atom is 0.314 e. The van der Waals surface area contributed by atoms with E-state index in [9.17, 15) is 19.1 Å². The number of carbonyl (C=O) groups excluding carboxylic acids is 1. The molecule has 22 heavy (non-hydrogen) atoms. The molecule has 122 valence electrons. The minimum Gasteiger partial charge on any atom is -0.481 e. The molecule has 1 aromatic carbocycles. The third kappa shape index (κ3) is 7.03. The Hall–Kier alpha value is -2.15. The van der Waals surface area contributed by atoms with Crippen LogP contribution in [-0.4, -0.2) is 34.8 Å². The minimum atomic E-state index is -0.905. The van der Waals surface area contributed by atoms with Gasteiger partial charge in [-0.2, -0.15) is 0 Å². The lowest BCUT2D eigenvalue weighted by Crippen LogP contribution is -2.41. The summed E-state index contributed by atoms with van der Waals surface area (Å²) in [5.41, 5.74) is 0.580. The van der Waals surface area contributed by atoms with E-state index < -0.39 is 18.1 Å². The maximum absolute atomic E-state index is 12.8. The summed E-state index contributed by atoms with van der Waals surface area (Å²) in [6.45, 7) is 2.01. The zero-order valence-corrected chi connectivity index (χ0v) is 12.4. The first-order chi connectivity index (χ1) is 10.4. The van der Waals surface area contributed by atoms with Crippen molar-refractivity contribution in [3.63, 3.8) is 0 Å². The summed E-state index contributed by atoms with van der Waals surface area (Å²) >= 11 is 0. The minimum absolute atomic E-state index is 0.000879. The van der Waals surface area contributed by atoms with Gasteiger partial charge >= 0.3 is 12.0 Å². The fraction of sp³-hybridized carbons (Fsp3) is 0.467. The molecule has 6 nitrogen and oxygen atoms in total. The molecule has 2 amide bonds. The lowest BCUT2D eigenvalue weighted by Gasteiger charge is -2.18. The van der Waals surface area contributed by atoms with Gasteiger partial charge in [-0.05, 0) is 37.5 Å². The summed E-state index contributed by atoms with van der Waals surface area (Å²) in [6, 6.07) is 4.83. The summed E-state index contributed by atoms with van der Waals surface area (Å²) in [7, 11) is 0.